The molecule has 1 saturated heterocycles. The van der Waals surface area contributed by atoms with E-state index in [1.165, 1.54) is 13.8 Å². The number of aromatic amines is 1. The van der Waals surface area contributed by atoms with Gasteiger partial charge in [-0.2, -0.15) is 0 Å². The summed E-state index contributed by atoms with van der Waals surface area (Å²) in [6.07, 6.45) is -6.00. The van der Waals surface area contributed by atoms with Crippen LogP contribution in [0, 0.1) is 3.57 Å². The number of hydrogen-bond donors (Lipinski definition) is 1. The van der Waals surface area contributed by atoms with Crippen molar-refractivity contribution in [2.24, 2.45) is 0 Å². The van der Waals surface area contributed by atoms with E-state index in [0.29, 0.717) is 6.42 Å². The first kappa shape index (κ1) is 31.3. The highest BCUT2D eigenvalue weighted by molar-refractivity contribution is 14.1. The number of hydrogen-bond acceptors (Lipinski definition) is 11. The predicted molar refractivity (Wildman–Crippen MR) is 147 cm³/mol. The van der Waals surface area contributed by atoms with Gasteiger partial charge in [-0.1, -0.05) is 26.0 Å². The molecule has 0 spiro atoms. The van der Waals surface area contributed by atoms with Crippen molar-refractivity contribution in [1.82, 2.24) is 10.2 Å². The van der Waals surface area contributed by atoms with E-state index in [2.05, 4.69) is 32.8 Å². The maximum atomic E-state index is 12.1. The van der Waals surface area contributed by atoms with Crippen molar-refractivity contribution < 1.29 is 47.6 Å². The Kier molecular flexibility index (Phi) is 10.9. The summed E-state index contributed by atoms with van der Waals surface area (Å²) >= 11 is 2.23. The fourth-order valence-corrected chi connectivity index (χ4v) is 4.67. The normalized spacial score (nSPS) is 22.4. The summed E-state index contributed by atoms with van der Waals surface area (Å²) < 4.78 is 34.9. The number of esters is 4. The largest absolute Gasteiger partial charge is 0.463 e. The molecule has 0 aliphatic carbocycles. The molecule has 12 nitrogen and oxygen atoms in total. The summed E-state index contributed by atoms with van der Waals surface area (Å²) in [4.78, 5) is 47.7. The molecule has 1 aliphatic heterocycles. The van der Waals surface area contributed by atoms with E-state index in [4.69, 9.17) is 28.4 Å². The summed E-state index contributed by atoms with van der Waals surface area (Å²) in [6, 6.07) is 7.98. The third kappa shape index (κ3) is 8.40. The van der Waals surface area contributed by atoms with Gasteiger partial charge in [0, 0.05) is 48.9 Å². The number of nitrogens with zero attached hydrogens (tertiary/aromatic N) is 1. The lowest BCUT2D eigenvalue weighted by atomic mass is 9.97. The van der Waals surface area contributed by atoms with Crippen LogP contribution in [0.25, 0.3) is 0 Å². The molecular formula is C27H33IN2O10. The van der Waals surface area contributed by atoms with Gasteiger partial charge in [0.15, 0.2) is 12.2 Å². The highest BCUT2D eigenvalue weighted by Gasteiger charge is 2.53. The van der Waals surface area contributed by atoms with Crippen LogP contribution in [0.5, 0.6) is 5.88 Å². The minimum absolute atomic E-state index is 0.0686. The highest BCUT2D eigenvalue weighted by atomic mass is 127. The monoisotopic (exact) mass is 672 g/mol. The Morgan fingerprint density at radius 1 is 0.900 bits per heavy atom. The molecule has 1 aromatic carbocycles. The molecule has 0 saturated carbocycles. The molecule has 40 heavy (non-hydrogen) atoms. The quantitative estimate of drug-likeness (QED) is 0.225. The first-order valence-corrected chi connectivity index (χ1v) is 13.7. The van der Waals surface area contributed by atoms with Gasteiger partial charge >= 0.3 is 23.9 Å². The van der Waals surface area contributed by atoms with Crippen molar-refractivity contribution in [3.8, 4) is 5.88 Å². The molecule has 1 N–H and O–H groups in total. The van der Waals surface area contributed by atoms with Crippen molar-refractivity contribution in [1.29, 1.82) is 0 Å². The van der Waals surface area contributed by atoms with Crippen LogP contribution in [-0.4, -0.2) is 71.4 Å². The summed E-state index contributed by atoms with van der Waals surface area (Å²) in [5, 5.41) is 7.38. The molecule has 0 bridgehead atoms. The second-order valence-corrected chi connectivity index (χ2v) is 10.8. The Morgan fingerprint density at radius 2 is 1.48 bits per heavy atom. The number of ether oxygens (including phenoxy) is 6. The summed E-state index contributed by atoms with van der Waals surface area (Å²) in [6.45, 7) is 8.34. The van der Waals surface area contributed by atoms with Crippen LogP contribution in [0.4, 0.5) is 0 Å². The van der Waals surface area contributed by atoms with Crippen molar-refractivity contribution in [2.45, 2.75) is 84.6 Å². The molecule has 5 atom stereocenters. The van der Waals surface area contributed by atoms with Crippen LogP contribution in [-0.2, 0) is 49.3 Å². The van der Waals surface area contributed by atoms with Gasteiger partial charge in [-0.25, -0.2) is 0 Å². The number of benzene rings is 1. The van der Waals surface area contributed by atoms with Gasteiger partial charge in [0.2, 0.25) is 18.3 Å². The van der Waals surface area contributed by atoms with E-state index >= 15 is 0 Å². The summed E-state index contributed by atoms with van der Waals surface area (Å²) in [5.41, 5.74) is 2.60. The Hall–Kier alpha value is -3.20. The maximum absolute atomic E-state index is 12.1. The molecule has 0 radical (unpaired) electrons. The second kappa shape index (κ2) is 13.9. The van der Waals surface area contributed by atoms with Gasteiger partial charge < -0.3 is 28.4 Å². The average molecular weight is 672 g/mol. The second-order valence-electron chi connectivity index (χ2n) is 9.56. The van der Waals surface area contributed by atoms with E-state index in [9.17, 15) is 19.2 Å². The predicted octanol–water partition coefficient (Wildman–Crippen LogP) is 3.19. The molecule has 2 aromatic rings. The van der Waals surface area contributed by atoms with Gasteiger partial charge in [-0.15, -0.1) is 5.10 Å². The smallest absolute Gasteiger partial charge is 0.303 e. The van der Waals surface area contributed by atoms with Crippen molar-refractivity contribution in [3.63, 3.8) is 0 Å². The fraction of sp³-hybridized carbons (Fsp3) is 0.519. The summed E-state index contributed by atoms with van der Waals surface area (Å²) in [5.74, 6) is -2.52. The molecule has 1 unspecified atom stereocenters. The van der Waals surface area contributed by atoms with Gasteiger partial charge in [0.25, 0.3) is 0 Å². The van der Waals surface area contributed by atoms with E-state index in [-0.39, 0.29) is 18.4 Å². The van der Waals surface area contributed by atoms with Gasteiger partial charge in [-0.05, 0) is 46.2 Å². The summed E-state index contributed by atoms with van der Waals surface area (Å²) in [7, 11) is 0. The zero-order valence-corrected chi connectivity index (χ0v) is 25.3. The van der Waals surface area contributed by atoms with Crippen LogP contribution in [0.1, 0.15) is 64.3 Å². The standard InChI is InChI=1S/C27H33IN2O10/c1-13(2)22-20(11-18-7-9-19(28)10-8-18)26(30-29-22)40-27-25(38-17(6)34)24(37-16(5)33)23(36-15(4)32)21(39-27)12-35-14(3)31/h7-10,13,21,23-25,27H,11-12H2,1-6H3,(H,29,30)/t21-,23+,24+,25-,27?/m1/s1. The molecule has 0 amide bonds. The molecule has 1 aliphatic rings. The zero-order valence-electron chi connectivity index (χ0n) is 23.1. The molecule has 3 rings (SSSR count). The first-order valence-electron chi connectivity index (χ1n) is 12.6. The molecule has 2 heterocycles. The number of H-pyrrole nitrogens is 1. The molecule has 1 fully saturated rings. The Balaban J connectivity index is 2.04. The number of nitrogens with one attached hydrogen (secondary N) is 1. The zero-order chi connectivity index (χ0) is 29.6. The molecular weight excluding hydrogens is 639 g/mol. The fourth-order valence-electron chi connectivity index (χ4n) is 4.31. The third-order valence-electron chi connectivity index (χ3n) is 5.91. The van der Waals surface area contributed by atoms with Crippen LogP contribution < -0.4 is 4.74 Å². The lowest BCUT2D eigenvalue weighted by Crippen LogP contribution is -2.63. The first-order chi connectivity index (χ1) is 18.8. The van der Waals surface area contributed by atoms with Crippen LogP contribution >= 0.6 is 22.6 Å². The molecule has 218 valence electrons. The van der Waals surface area contributed by atoms with Gasteiger partial charge in [-0.3, -0.25) is 24.3 Å². The third-order valence-corrected chi connectivity index (χ3v) is 6.63. The van der Waals surface area contributed by atoms with Crippen LogP contribution in [0.15, 0.2) is 24.3 Å². The Morgan fingerprint density at radius 3 is 2.02 bits per heavy atom. The SMILES string of the molecule is CC(=O)OC[C@H]1OC(Oc2n[nH]c(C(C)C)c2Cc2ccc(I)cc2)[C@H](OC(C)=O)[C@@H](OC(C)=O)[C@H]1OC(C)=O. The number of aromatic nitrogens is 2. The number of carbonyl (C=O) groups is 4. The van der Waals surface area contributed by atoms with E-state index < -0.39 is 54.6 Å². The lowest BCUT2D eigenvalue weighted by molar-refractivity contribution is -0.289. The molecule has 1 aromatic heterocycles. The van der Waals surface area contributed by atoms with Crippen LogP contribution in [0.3, 0.4) is 0 Å². The maximum Gasteiger partial charge on any atom is 0.303 e. The van der Waals surface area contributed by atoms with Gasteiger partial charge in [0.1, 0.15) is 12.7 Å². The van der Waals surface area contributed by atoms with Crippen molar-refractivity contribution in [3.05, 3.63) is 44.7 Å². The van der Waals surface area contributed by atoms with Crippen molar-refractivity contribution >= 4 is 46.5 Å². The Bertz CT molecular complexity index is 1210. The van der Waals surface area contributed by atoms with E-state index in [0.717, 1.165) is 34.2 Å². The van der Waals surface area contributed by atoms with Crippen LogP contribution in [0.2, 0.25) is 0 Å². The Labute approximate surface area is 245 Å². The number of carbonyl (C=O) groups excluding carboxylic acids is 4. The van der Waals surface area contributed by atoms with E-state index in [1.807, 2.05) is 38.1 Å². The minimum atomic E-state index is -1.38. The highest BCUT2D eigenvalue weighted by Crippen LogP contribution is 2.34. The average Bonchev–Trinajstić information content (AvgIpc) is 3.24. The lowest BCUT2D eigenvalue weighted by Gasteiger charge is -2.43. The molecule has 13 heteroatoms. The minimum Gasteiger partial charge on any atom is -0.463 e. The van der Waals surface area contributed by atoms with Gasteiger partial charge in [0.05, 0.1) is 0 Å². The van der Waals surface area contributed by atoms with E-state index in [1.54, 1.807) is 0 Å². The topological polar surface area (TPSA) is 152 Å². The van der Waals surface area contributed by atoms with Crippen molar-refractivity contribution in [2.75, 3.05) is 6.61 Å². The number of rotatable bonds is 10. The number of halogens is 1.